The number of amides is 1. The zero-order chi connectivity index (χ0) is 15.7. The van der Waals surface area contributed by atoms with Crippen molar-refractivity contribution in [3.8, 4) is 11.5 Å². The van der Waals surface area contributed by atoms with Crippen molar-refractivity contribution in [1.82, 2.24) is 5.32 Å². The van der Waals surface area contributed by atoms with Gasteiger partial charge in [-0.05, 0) is 6.07 Å². The van der Waals surface area contributed by atoms with E-state index in [-0.39, 0.29) is 37.8 Å². The fourth-order valence-electron chi connectivity index (χ4n) is 1.43. The van der Waals surface area contributed by atoms with Gasteiger partial charge in [0.2, 0.25) is 0 Å². The van der Waals surface area contributed by atoms with Crippen molar-refractivity contribution in [2.45, 2.75) is 0 Å². The second kappa shape index (κ2) is 8.59. The van der Waals surface area contributed by atoms with Crippen LogP contribution in [0.5, 0.6) is 11.5 Å². The van der Waals surface area contributed by atoms with Crippen LogP contribution < -0.4 is 14.8 Å². The molecule has 0 aliphatic carbocycles. The Bertz CT molecular complexity index is 492. The molecule has 9 heteroatoms. The lowest BCUT2D eigenvalue weighted by atomic mass is 10.3. The summed E-state index contributed by atoms with van der Waals surface area (Å²) in [5.74, 6) is 0.632. The van der Waals surface area contributed by atoms with Crippen LogP contribution in [0.25, 0.3) is 0 Å². The molecule has 1 rings (SSSR count). The van der Waals surface area contributed by atoms with E-state index in [1.807, 2.05) is 0 Å². The molecule has 0 saturated carbocycles. The van der Waals surface area contributed by atoms with Crippen LogP contribution in [-0.4, -0.2) is 49.6 Å². The Morgan fingerprint density at radius 2 is 2.10 bits per heavy atom. The van der Waals surface area contributed by atoms with Crippen molar-refractivity contribution in [2.75, 3.05) is 33.5 Å². The molecule has 1 aromatic carbocycles. The summed E-state index contributed by atoms with van der Waals surface area (Å²) in [6, 6.07) is 4.03. The standard InChI is InChI=1S/C12H16N2O7/c1-19-11-8-9(14(17)18)2-3-10(11)21-7-6-20-5-4-13-12(15)16/h2-3,8,13H,4-7H2,1H3,(H,15,16). The first-order chi connectivity index (χ1) is 10.0. The minimum atomic E-state index is -1.11. The minimum Gasteiger partial charge on any atom is -0.493 e. The number of carboxylic acid groups (broad SMARTS) is 1. The van der Waals surface area contributed by atoms with E-state index >= 15 is 0 Å². The quantitative estimate of drug-likeness (QED) is 0.400. The Morgan fingerprint density at radius 1 is 1.33 bits per heavy atom. The summed E-state index contributed by atoms with van der Waals surface area (Å²) in [6.45, 7) is 0.881. The van der Waals surface area contributed by atoms with E-state index in [0.717, 1.165) is 0 Å². The first kappa shape index (κ1) is 16.5. The van der Waals surface area contributed by atoms with Gasteiger partial charge in [0.05, 0.1) is 31.3 Å². The molecule has 0 unspecified atom stereocenters. The molecule has 0 fully saturated rings. The first-order valence-electron chi connectivity index (χ1n) is 6.04. The molecule has 116 valence electrons. The second-order valence-corrected chi connectivity index (χ2v) is 3.79. The highest BCUT2D eigenvalue weighted by Gasteiger charge is 2.12. The van der Waals surface area contributed by atoms with Crippen molar-refractivity contribution in [3.63, 3.8) is 0 Å². The Hall–Kier alpha value is -2.55. The van der Waals surface area contributed by atoms with E-state index < -0.39 is 11.0 Å². The molecule has 0 bridgehead atoms. The number of methoxy groups -OCH3 is 1. The summed E-state index contributed by atoms with van der Waals surface area (Å²) < 4.78 is 15.5. The number of ether oxygens (including phenoxy) is 3. The van der Waals surface area contributed by atoms with Crippen LogP contribution in [0.15, 0.2) is 18.2 Å². The number of non-ortho nitro benzene ring substituents is 1. The summed E-state index contributed by atoms with van der Waals surface area (Å²) in [6.07, 6.45) is -1.11. The van der Waals surface area contributed by atoms with Gasteiger partial charge in [0, 0.05) is 12.6 Å². The number of nitrogens with zero attached hydrogens (tertiary/aromatic N) is 1. The monoisotopic (exact) mass is 300 g/mol. The lowest BCUT2D eigenvalue weighted by molar-refractivity contribution is -0.385. The van der Waals surface area contributed by atoms with Crippen LogP contribution in [0.4, 0.5) is 10.5 Å². The van der Waals surface area contributed by atoms with Gasteiger partial charge in [-0.15, -0.1) is 0 Å². The SMILES string of the molecule is COc1cc([N+](=O)[O-])ccc1OCCOCCNC(=O)O. The maximum atomic E-state index is 10.6. The summed E-state index contributed by atoms with van der Waals surface area (Å²) in [4.78, 5) is 20.3. The average molecular weight is 300 g/mol. The van der Waals surface area contributed by atoms with E-state index in [0.29, 0.717) is 5.75 Å². The molecule has 1 amide bonds. The van der Waals surface area contributed by atoms with Gasteiger partial charge in [-0.1, -0.05) is 0 Å². The molecule has 0 aliphatic heterocycles. The molecule has 9 nitrogen and oxygen atoms in total. The van der Waals surface area contributed by atoms with E-state index in [4.69, 9.17) is 19.3 Å². The number of benzene rings is 1. The van der Waals surface area contributed by atoms with Crippen LogP contribution in [0, 0.1) is 10.1 Å². The molecule has 0 saturated heterocycles. The summed E-state index contributed by atoms with van der Waals surface area (Å²) in [7, 11) is 1.39. The molecule has 0 spiro atoms. The van der Waals surface area contributed by atoms with Gasteiger partial charge in [-0.3, -0.25) is 10.1 Å². The van der Waals surface area contributed by atoms with Crippen molar-refractivity contribution in [1.29, 1.82) is 0 Å². The van der Waals surface area contributed by atoms with E-state index in [9.17, 15) is 14.9 Å². The second-order valence-electron chi connectivity index (χ2n) is 3.79. The van der Waals surface area contributed by atoms with Gasteiger partial charge in [-0.2, -0.15) is 0 Å². The van der Waals surface area contributed by atoms with Crippen LogP contribution in [-0.2, 0) is 4.74 Å². The van der Waals surface area contributed by atoms with Crippen molar-refractivity contribution < 1.29 is 29.0 Å². The Morgan fingerprint density at radius 3 is 2.71 bits per heavy atom. The van der Waals surface area contributed by atoms with Gasteiger partial charge in [-0.25, -0.2) is 4.79 Å². The molecule has 0 aromatic heterocycles. The molecular weight excluding hydrogens is 284 g/mol. The van der Waals surface area contributed by atoms with Gasteiger partial charge in [0.15, 0.2) is 11.5 Å². The molecule has 0 aliphatic rings. The van der Waals surface area contributed by atoms with Gasteiger partial charge < -0.3 is 24.6 Å². The van der Waals surface area contributed by atoms with E-state index in [2.05, 4.69) is 5.32 Å². The molecule has 1 aromatic rings. The Labute approximate surface area is 120 Å². The Kier molecular flexibility index (Phi) is 6.75. The topological polar surface area (TPSA) is 120 Å². The van der Waals surface area contributed by atoms with Gasteiger partial charge in [0.1, 0.15) is 6.61 Å². The fourth-order valence-corrected chi connectivity index (χ4v) is 1.43. The van der Waals surface area contributed by atoms with E-state index in [1.54, 1.807) is 0 Å². The number of hydrogen-bond donors (Lipinski definition) is 2. The lowest BCUT2D eigenvalue weighted by Crippen LogP contribution is -2.25. The largest absolute Gasteiger partial charge is 0.493 e. The van der Waals surface area contributed by atoms with Crippen molar-refractivity contribution >= 4 is 11.8 Å². The highest BCUT2D eigenvalue weighted by molar-refractivity contribution is 5.64. The number of carbonyl (C=O) groups is 1. The predicted molar refractivity (Wildman–Crippen MR) is 72.0 cm³/mol. The fraction of sp³-hybridized carbons (Fsp3) is 0.417. The maximum absolute atomic E-state index is 10.6. The first-order valence-corrected chi connectivity index (χ1v) is 6.04. The minimum absolute atomic E-state index is 0.0878. The highest BCUT2D eigenvalue weighted by atomic mass is 16.6. The maximum Gasteiger partial charge on any atom is 0.404 e. The van der Waals surface area contributed by atoms with Crippen molar-refractivity contribution in [2.24, 2.45) is 0 Å². The zero-order valence-electron chi connectivity index (χ0n) is 11.4. The predicted octanol–water partition coefficient (Wildman–Crippen LogP) is 1.27. The number of hydrogen-bond acceptors (Lipinski definition) is 6. The summed E-state index contributed by atoms with van der Waals surface area (Å²) in [5.41, 5.74) is -0.0878. The lowest BCUT2D eigenvalue weighted by Gasteiger charge is -2.10. The third-order valence-electron chi connectivity index (χ3n) is 2.37. The molecule has 0 radical (unpaired) electrons. The number of nitrogens with one attached hydrogen (secondary N) is 1. The molecule has 2 N–H and O–H groups in total. The van der Waals surface area contributed by atoms with Crippen LogP contribution in [0.3, 0.4) is 0 Å². The zero-order valence-corrected chi connectivity index (χ0v) is 11.4. The normalized spacial score (nSPS) is 9.95. The molecule has 0 heterocycles. The third-order valence-corrected chi connectivity index (χ3v) is 2.37. The van der Waals surface area contributed by atoms with Crippen molar-refractivity contribution in [3.05, 3.63) is 28.3 Å². The number of nitro benzene ring substituents is 1. The third kappa shape index (κ3) is 5.95. The number of rotatable bonds is 9. The highest BCUT2D eigenvalue weighted by Crippen LogP contribution is 2.30. The van der Waals surface area contributed by atoms with Gasteiger partial charge >= 0.3 is 6.09 Å². The van der Waals surface area contributed by atoms with E-state index in [1.165, 1.54) is 25.3 Å². The molecule has 0 atom stereocenters. The number of nitro groups is 1. The van der Waals surface area contributed by atoms with Crippen LogP contribution in [0.1, 0.15) is 0 Å². The smallest absolute Gasteiger partial charge is 0.404 e. The van der Waals surface area contributed by atoms with Gasteiger partial charge in [0.25, 0.3) is 5.69 Å². The summed E-state index contributed by atoms with van der Waals surface area (Å²) in [5, 5.41) is 21.1. The van der Waals surface area contributed by atoms with Crippen LogP contribution >= 0.6 is 0 Å². The van der Waals surface area contributed by atoms with Crippen LogP contribution in [0.2, 0.25) is 0 Å². The Balaban J connectivity index is 2.35. The molecular formula is C12H16N2O7. The average Bonchev–Trinajstić information content (AvgIpc) is 2.45. The molecule has 21 heavy (non-hydrogen) atoms. The summed E-state index contributed by atoms with van der Waals surface area (Å²) >= 11 is 0.